The number of aromatic nitrogens is 1. The van der Waals surface area contributed by atoms with Gasteiger partial charge in [-0.1, -0.05) is 5.16 Å². The molecule has 2 saturated heterocycles. The Morgan fingerprint density at radius 1 is 1.33 bits per heavy atom. The van der Waals surface area contributed by atoms with Crippen LogP contribution in [0.4, 0.5) is 0 Å². The van der Waals surface area contributed by atoms with Crippen molar-refractivity contribution in [2.75, 3.05) is 39.3 Å². The van der Waals surface area contributed by atoms with Crippen molar-refractivity contribution in [2.45, 2.75) is 26.8 Å². The van der Waals surface area contributed by atoms with Gasteiger partial charge in [-0.25, -0.2) is 0 Å². The SMILES string of the molecule is Cc1noc(C)c1CN1CCN(C(=O)[C@H]2CCNC2)CC1. The number of amides is 1. The van der Waals surface area contributed by atoms with Gasteiger partial charge in [0.05, 0.1) is 11.6 Å². The van der Waals surface area contributed by atoms with E-state index in [1.807, 2.05) is 18.7 Å². The molecule has 1 amide bonds. The van der Waals surface area contributed by atoms with Crippen LogP contribution in [0.2, 0.25) is 0 Å². The lowest BCUT2D eigenvalue weighted by Gasteiger charge is -2.35. The maximum Gasteiger partial charge on any atom is 0.227 e. The Hall–Kier alpha value is -1.40. The van der Waals surface area contributed by atoms with Crippen molar-refractivity contribution in [3.63, 3.8) is 0 Å². The second-order valence-corrected chi connectivity index (χ2v) is 6.09. The highest BCUT2D eigenvalue weighted by Crippen LogP contribution is 2.18. The van der Waals surface area contributed by atoms with E-state index < -0.39 is 0 Å². The average Bonchev–Trinajstić information content (AvgIpc) is 3.13. The van der Waals surface area contributed by atoms with Gasteiger partial charge in [-0.3, -0.25) is 9.69 Å². The second-order valence-electron chi connectivity index (χ2n) is 6.09. The fraction of sp³-hybridized carbons (Fsp3) is 0.733. The predicted octanol–water partition coefficient (Wildman–Crippen LogP) is 0.545. The summed E-state index contributed by atoms with van der Waals surface area (Å²) in [6.07, 6.45) is 0.984. The molecule has 2 aliphatic heterocycles. The van der Waals surface area contributed by atoms with Gasteiger partial charge in [0.15, 0.2) is 0 Å². The van der Waals surface area contributed by atoms with Crippen molar-refractivity contribution < 1.29 is 9.32 Å². The smallest absolute Gasteiger partial charge is 0.227 e. The van der Waals surface area contributed by atoms with Crippen LogP contribution in [-0.4, -0.2) is 60.1 Å². The molecule has 21 heavy (non-hydrogen) atoms. The molecule has 0 unspecified atom stereocenters. The second kappa shape index (κ2) is 6.15. The molecule has 3 rings (SSSR count). The zero-order chi connectivity index (χ0) is 14.8. The minimum atomic E-state index is 0.194. The number of hydrogen-bond donors (Lipinski definition) is 1. The first-order valence-corrected chi connectivity index (χ1v) is 7.79. The molecule has 1 N–H and O–H groups in total. The number of carbonyl (C=O) groups is 1. The highest BCUT2D eigenvalue weighted by atomic mass is 16.5. The van der Waals surface area contributed by atoms with Gasteiger partial charge >= 0.3 is 0 Å². The van der Waals surface area contributed by atoms with Crippen LogP contribution in [-0.2, 0) is 11.3 Å². The number of hydrogen-bond acceptors (Lipinski definition) is 5. The lowest BCUT2D eigenvalue weighted by molar-refractivity contribution is -0.136. The summed E-state index contributed by atoms with van der Waals surface area (Å²) in [6.45, 7) is 10.2. The Kier molecular flexibility index (Phi) is 4.26. The van der Waals surface area contributed by atoms with E-state index in [1.54, 1.807) is 0 Å². The van der Waals surface area contributed by atoms with Crippen molar-refractivity contribution in [2.24, 2.45) is 5.92 Å². The summed E-state index contributed by atoms with van der Waals surface area (Å²) in [4.78, 5) is 16.8. The van der Waals surface area contributed by atoms with Crippen LogP contribution in [0.5, 0.6) is 0 Å². The van der Waals surface area contributed by atoms with E-state index in [2.05, 4.69) is 15.4 Å². The molecule has 0 aliphatic carbocycles. The average molecular weight is 292 g/mol. The van der Waals surface area contributed by atoms with Crippen LogP contribution in [0.3, 0.4) is 0 Å². The first-order valence-electron chi connectivity index (χ1n) is 7.79. The number of nitrogens with one attached hydrogen (secondary N) is 1. The topological polar surface area (TPSA) is 61.6 Å². The Morgan fingerprint density at radius 2 is 2.10 bits per heavy atom. The summed E-state index contributed by atoms with van der Waals surface area (Å²) in [5, 5.41) is 7.27. The zero-order valence-electron chi connectivity index (χ0n) is 12.9. The first-order chi connectivity index (χ1) is 10.1. The third kappa shape index (κ3) is 3.11. The van der Waals surface area contributed by atoms with Gasteiger partial charge in [-0.05, 0) is 26.8 Å². The molecule has 0 radical (unpaired) electrons. The molecule has 0 saturated carbocycles. The van der Waals surface area contributed by atoms with Gasteiger partial charge in [0.2, 0.25) is 5.91 Å². The van der Waals surface area contributed by atoms with E-state index in [0.29, 0.717) is 5.91 Å². The summed E-state index contributed by atoms with van der Waals surface area (Å²) >= 11 is 0. The highest BCUT2D eigenvalue weighted by molar-refractivity contribution is 5.79. The van der Waals surface area contributed by atoms with Crippen molar-refractivity contribution >= 4 is 5.91 Å². The van der Waals surface area contributed by atoms with Gasteiger partial charge in [0.1, 0.15) is 5.76 Å². The van der Waals surface area contributed by atoms with E-state index in [1.165, 1.54) is 5.56 Å². The summed E-state index contributed by atoms with van der Waals surface area (Å²) < 4.78 is 5.22. The lowest BCUT2D eigenvalue weighted by Crippen LogP contribution is -2.50. The molecular weight excluding hydrogens is 268 g/mol. The molecule has 3 heterocycles. The summed E-state index contributed by atoms with van der Waals surface area (Å²) in [5.74, 6) is 1.43. The Labute approximate surface area is 125 Å². The van der Waals surface area contributed by atoms with Crippen LogP contribution >= 0.6 is 0 Å². The highest BCUT2D eigenvalue weighted by Gasteiger charge is 2.29. The van der Waals surface area contributed by atoms with Crippen LogP contribution in [0.15, 0.2) is 4.52 Å². The minimum Gasteiger partial charge on any atom is -0.361 e. The Bertz CT molecular complexity index is 480. The molecule has 0 aromatic carbocycles. The molecule has 0 bridgehead atoms. The van der Waals surface area contributed by atoms with Crippen LogP contribution in [0.1, 0.15) is 23.4 Å². The van der Waals surface area contributed by atoms with E-state index >= 15 is 0 Å². The fourth-order valence-electron chi connectivity index (χ4n) is 3.20. The van der Waals surface area contributed by atoms with Crippen LogP contribution in [0, 0.1) is 19.8 Å². The molecule has 116 valence electrons. The van der Waals surface area contributed by atoms with Gasteiger partial charge in [0, 0.05) is 44.8 Å². The molecule has 0 spiro atoms. The minimum absolute atomic E-state index is 0.194. The summed E-state index contributed by atoms with van der Waals surface area (Å²) in [7, 11) is 0. The van der Waals surface area contributed by atoms with Crippen molar-refractivity contribution in [3.8, 4) is 0 Å². The van der Waals surface area contributed by atoms with Crippen molar-refractivity contribution in [3.05, 3.63) is 17.0 Å². The van der Waals surface area contributed by atoms with Crippen LogP contribution in [0.25, 0.3) is 0 Å². The maximum absolute atomic E-state index is 12.4. The van der Waals surface area contributed by atoms with Gasteiger partial charge in [-0.2, -0.15) is 0 Å². The summed E-state index contributed by atoms with van der Waals surface area (Å²) in [6, 6.07) is 0. The number of aryl methyl sites for hydroxylation is 2. The molecular formula is C15H24N4O2. The lowest BCUT2D eigenvalue weighted by atomic mass is 10.1. The number of rotatable bonds is 3. The van der Waals surface area contributed by atoms with E-state index in [9.17, 15) is 4.79 Å². The standard InChI is InChI=1S/C15H24N4O2/c1-11-14(12(2)21-17-11)10-18-5-7-19(8-6-18)15(20)13-3-4-16-9-13/h13,16H,3-10H2,1-2H3/t13-/m0/s1. The Balaban J connectivity index is 1.52. The van der Waals surface area contributed by atoms with Crippen LogP contribution < -0.4 is 5.32 Å². The van der Waals surface area contributed by atoms with Gasteiger partial charge in [0.25, 0.3) is 0 Å². The monoisotopic (exact) mass is 292 g/mol. The number of piperazine rings is 1. The van der Waals surface area contributed by atoms with Gasteiger partial charge < -0.3 is 14.7 Å². The maximum atomic E-state index is 12.4. The fourth-order valence-corrected chi connectivity index (χ4v) is 3.20. The van der Waals surface area contributed by atoms with E-state index in [-0.39, 0.29) is 5.92 Å². The summed E-state index contributed by atoms with van der Waals surface area (Å²) in [5.41, 5.74) is 2.16. The predicted molar refractivity (Wildman–Crippen MR) is 78.8 cm³/mol. The van der Waals surface area contributed by atoms with E-state index in [4.69, 9.17) is 4.52 Å². The molecule has 6 heteroatoms. The normalized spacial score (nSPS) is 23.7. The quantitative estimate of drug-likeness (QED) is 0.881. The van der Waals surface area contributed by atoms with Gasteiger partial charge in [-0.15, -0.1) is 0 Å². The van der Waals surface area contributed by atoms with Crippen molar-refractivity contribution in [1.29, 1.82) is 0 Å². The molecule has 1 aromatic heterocycles. The molecule has 2 fully saturated rings. The van der Waals surface area contributed by atoms with E-state index in [0.717, 1.165) is 63.7 Å². The Morgan fingerprint density at radius 3 is 2.67 bits per heavy atom. The molecule has 6 nitrogen and oxygen atoms in total. The number of nitrogens with zero attached hydrogens (tertiary/aromatic N) is 3. The largest absolute Gasteiger partial charge is 0.361 e. The molecule has 2 aliphatic rings. The van der Waals surface area contributed by atoms with Crippen molar-refractivity contribution in [1.82, 2.24) is 20.3 Å². The molecule has 1 atom stereocenters. The third-order valence-electron chi connectivity index (χ3n) is 4.66. The first kappa shape index (κ1) is 14.5. The zero-order valence-corrected chi connectivity index (χ0v) is 12.9. The number of carbonyl (C=O) groups excluding carboxylic acids is 1. The third-order valence-corrected chi connectivity index (χ3v) is 4.66. The molecule has 1 aromatic rings.